The minimum atomic E-state index is -4.39. The van der Waals surface area contributed by atoms with Gasteiger partial charge in [-0.2, -0.15) is 13.2 Å². The molecular weight excluding hydrogens is 457 g/mol. The summed E-state index contributed by atoms with van der Waals surface area (Å²) in [6, 6.07) is 13.7. The van der Waals surface area contributed by atoms with E-state index in [1.165, 1.54) is 38.5 Å². The van der Waals surface area contributed by atoms with Gasteiger partial charge in [-0.25, -0.2) is 4.98 Å². The zero-order valence-corrected chi connectivity index (χ0v) is 21.4. The van der Waals surface area contributed by atoms with E-state index in [0.29, 0.717) is 21.8 Å². The van der Waals surface area contributed by atoms with Crippen molar-refractivity contribution in [3.8, 4) is 0 Å². The van der Waals surface area contributed by atoms with E-state index in [9.17, 15) is 13.2 Å². The molecule has 2 N–H and O–H groups in total. The van der Waals surface area contributed by atoms with Gasteiger partial charge in [-0.05, 0) is 43.7 Å². The van der Waals surface area contributed by atoms with Crippen LogP contribution in [0.3, 0.4) is 0 Å². The lowest BCUT2D eigenvalue weighted by Crippen LogP contribution is -2.08. The van der Waals surface area contributed by atoms with Crippen LogP contribution >= 0.6 is 11.6 Å². The molecule has 3 aromatic rings. The summed E-state index contributed by atoms with van der Waals surface area (Å²) < 4.78 is 37.5. The second-order valence-corrected chi connectivity index (χ2v) is 8.38. The predicted octanol–water partition coefficient (Wildman–Crippen LogP) is 9.51. The standard InChI is InChI=1S/C12H10F3N.C8H8ClN.C6H12.C2H6/c1-7-3-4-10-9(5-7)8(2)6-11(16-10)12(13,14)15;1-6(10)7-4-2-3-5-8(7)9;1-2-4-6-5-3-1;1-2/h3-6H,1-2H3;2-5H,1,10H2;1-6H2;1-2H3. The van der Waals surface area contributed by atoms with Crippen LogP contribution in [0.25, 0.3) is 16.6 Å². The molecule has 1 heterocycles. The van der Waals surface area contributed by atoms with Gasteiger partial charge >= 0.3 is 6.18 Å². The van der Waals surface area contributed by atoms with E-state index in [1.807, 2.05) is 45.0 Å². The van der Waals surface area contributed by atoms with Crippen molar-refractivity contribution in [3.63, 3.8) is 0 Å². The number of rotatable bonds is 1. The minimum absolute atomic E-state index is 0.387. The Bertz CT molecular complexity index is 1030. The molecule has 1 saturated carbocycles. The molecule has 4 rings (SSSR count). The Labute approximate surface area is 207 Å². The molecule has 0 unspecified atom stereocenters. The van der Waals surface area contributed by atoms with E-state index in [1.54, 1.807) is 25.1 Å². The van der Waals surface area contributed by atoms with Crippen molar-refractivity contribution in [1.82, 2.24) is 4.98 Å². The van der Waals surface area contributed by atoms with Crippen molar-refractivity contribution in [3.05, 3.63) is 82.5 Å². The van der Waals surface area contributed by atoms with Gasteiger partial charge in [0.15, 0.2) is 0 Å². The maximum absolute atomic E-state index is 12.5. The smallest absolute Gasteiger partial charge is 0.399 e. The van der Waals surface area contributed by atoms with Gasteiger partial charge in [0.05, 0.1) is 5.52 Å². The quantitative estimate of drug-likeness (QED) is 0.367. The lowest BCUT2D eigenvalue weighted by Gasteiger charge is -2.09. The Kier molecular flexibility index (Phi) is 12.7. The number of aryl methyl sites for hydroxylation is 2. The Morgan fingerprint density at radius 2 is 1.44 bits per heavy atom. The van der Waals surface area contributed by atoms with Crippen LogP contribution in [0.4, 0.5) is 13.2 Å². The topological polar surface area (TPSA) is 38.9 Å². The molecule has 0 bridgehead atoms. The van der Waals surface area contributed by atoms with Crippen LogP contribution in [0.1, 0.15) is 74.8 Å². The van der Waals surface area contributed by atoms with Crippen molar-refractivity contribution < 1.29 is 13.2 Å². The molecule has 1 fully saturated rings. The largest absolute Gasteiger partial charge is 0.433 e. The van der Waals surface area contributed by atoms with Crippen molar-refractivity contribution in [2.24, 2.45) is 5.73 Å². The Hall–Kier alpha value is -2.53. The van der Waals surface area contributed by atoms with Crippen LogP contribution in [0.5, 0.6) is 0 Å². The van der Waals surface area contributed by atoms with E-state index < -0.39 is 11.9 Å². The van der Waals surface area contributed by atoms with E-state index in [4.69, 9.17) is 17.3 Å². The van der Waals surface area contributed by atoms with Gasteiger partial charge in [0.25, 0.3) is 0 Å². The Balaban J connectivity index is 0.000000273. The molecule has 6 heteroatoms. The van der Waals surface area contributed by atoms with Crippen molar-refractivity contribution >= 4 is 28.2 Å². The zero-order valence-electron chi connectivity index (χ0n) is 20.6. The number of pyridine rings is 1. The summed E-state index contributed by atoms with van der Waals surface area (Å²) in [6.45, 7) is 11.1. The van der Waals surface area contributed by atoms with Crippen molar-refractivity contribution in [2.75, 3.05) is 0 Å². The van der Waals surface area contributed by atoms with E-state index >= 15 is 0 Å². The molecule has 0 amide bonds. The SMILES string of the molecule is C1CCCCC1.C=C(N)c1ccccc1Cl.CC.Cc1ccc2nc(C(F)(F)F)cc(C)c2c1. The average Bonchev–Trinajstić information content (AvgIpc) is 2.82. The number of hydrogen-bond acceptors (Lipinski definition) is 2. The van der Waals surface area contributed by atoms with Crippen LogP contribution < -0.4 is 5.73 Å². The molecule has 2 nitrogen and oxygen atoms in total. The summed E-state index contributed by atoms with van der Waals surface area (Å²) in [4.78, 5) is 3.62. The first-order valence-corrected chi connectivity index (χ1v) is 12.1. The van der Waals surface area contributed by atoms with Gasteiger partial charge in [-0.3, -0.25) is 0 Å². The molecular formula is C28H36ClF3N2. The predicted molar refractivity (Wildman–Crippen MR) is 140 cm³/mol. The van der Waals surface area contributed by atoms with Crippen LogP contribution in [0.2, 0.25) is 5.02 Å². The lowest BCUT2D eigenvalue weighted by molar-refractivity contribution is -0.141. The number of hydrogen-bond donors (Lipinski definition) is 1. The molecule has 0 saturated heterocycles. The average molecular weight is 493 g/mol. The molecule has 0 atom stereocenters. The first-order valence-electron chi connectivity index (χ1n) is 11.7. The monoisotopic (exact) mass is 492 g/mol. The highest BCUT2D eigenvalue weighted by atomic mass is 35.5. The van der Waals surface area contributed by atoms with Crippen LogP contribution in [-0.4, -0.2) is 4.98 Å². The number of nitrogens with zero attached hydrogens (tertiary/aromatic N) is 1. The summed E-state index contributed by atoms with van der Waals surface area (Å²) in [5.41, 5.74) is 7.91. The summed E-state index contributed by atoms with van der Waals surface area (Å²) in [5, 5.41) is 1.42. The highest BCUT2D eigenvalue weighted by Crippen LogP contribution is 2.30. The third-order valence-corrected chi connectivity index (χ3v) is 5.51. The van der Waals surface area contributed by atoms with E-state index in [-0.39, 0.29) is 0 Å². The van der Waals surface area contributed by atoms with Gasteiger partial charge in [0.2, 0.25) is 0 Å². The van der Waals surface area contributed by atoms with Crippen molar-refractivity contribution in [1.29, 1.82) is 0 Å². The normalized spacial score (nSPS) is 12.8. The van der Waals surface area contributed by atoms with Crippen LogP contribution in [0.15, 0.2) is 55.1 Å². The Morgan fingerprint density at radius 3 is 1.88 bits per heavy atom. The van der Waals surface area contributed by atoms with Gasteiger partial charge in [-0.1, -0.05) is 100 Å². The number of fused-ring (bicyclic) bond motifs is 1. The van der Waals surface area contributed by atoms with Crippen molar-refractivity contribution in [2.45, 2.75) is 72.4 Å². The first-order chi connectivity index (χ1) is 16.1. The van der Waals surface area contributed by atoms with Crippen LogP contribution in [0, 0.1) is 13.8 Å². The van der Waals surface area contributed by atoms with Gasteiger partial charge < -0.3 is 5.73 Å². The lowest BCUT2D eigenvalue weighted by atomic mass is 10.0. The number of aromatic nitrogens is 1. The summed E-state index contributed by atoms with van der Waals surface area (Å²) >= 11 is 5.78. The number of halogens is 4. The molecule has 186 valence electrons. The summed E-state index contributed by atoms with van der Waals surface area (Å²) in [5.74, 6) is 0. The first kappa shape index (κ1) is 29.5. The van der Waals surface area contributed by atoms with Gasteiger partial charge in [-0.15, -0.1) is 0 Å². The second kappa shape index (κ2) is 14.7. The molecule has 0 radical (unpaired) electrons. The van der Waals surface area contributed by atoms with Gasteiger partial charge in [0, 0.05) is 21.7 Å². The Morgan fingerprint density at radius 1 is 0.912 bits per heavy atom. The third kappa shape index (κ3) is 9.76. The fourth-order valence-electron chi connectivity index (χ4n) is 3.44. The maximum Gasteiger partial charge on any atom is 0.433 e. The maximum atomic E-state index is 12.5. The summed E-state index contributed by atoms with van der Waals surface area (Å²) in [6.07, 6.45) is 4.61. The molecule has 1 aromatic heterocycles. The summed E-state index contributed by atoms with van der Waals surface area (Å²) in [7, 11) is 0. The molecule has 1 aliphatic rings. The molecule has 1 aliphatic carbocycles. The molecule has 34 heavy (non-hydrogen) atoms. The highest BCUT2D eigenvalue weighted by molar-refractivity contribution is 6.32. The fourth-order valence-corrected chi connectivity index (χ4v) is 3.69. The van der Waals surface area contributed by atoms with E-state index in [2.05, 4.69) is 11.6 Å². The van der Waals surface area contributed by atoms with Gasteiger partial charge in [0.1, 0.15) is 5.69 Å². The van der Waals surface area contributed by atoms with Crippen LogP contribution in [-0.2, 0) is 6.18 Å². The fraction of sp³-hybridized carbons (Fsp3) is 0.393. The second-order valence-electron chi connectivity index (χ2n) is 7.97. The highest BCUT2D eigenvalue weighted by Gasteiger charge is 2.32. The number of benzene rings is 2. The minimum Gasteiger partial charge on any atom is -0.399 e. The zero-order chi connectivity index (χ0) is 25.7. The molecule has 0 spiro atoms. The number of nitrogens with two attached hydrogens (primary N) is 1. The molecule has 2 aromatic carbocycles. The third-order valence-electron chi connectivity index (χ3n) is 5.18. The molecule has 0 aliphatic heterocycles. The van der Waals surface area contributed by atoms with E-state index in [0.717, 1.165) is 22.6 Å². The number of alkyl halides is 3.